The van der Waals surface area contributed by atoms with Crippen LogP contribution in [0, 0.1) is 6.92 Å². The fourth-order valence-electron chi connectivity index (χ4n) is 1.71. The van der Waals surface area contributed by atoms with Gasteiger partial charge in [-0.3, -0.25) is 4.98 Å². The molecule has 1 heterocycles. The van der Waals surface area contributed by atoms with Crippen molar-refractivity contribution >= 4 is 15.9 Å². The standard InChI is InChI=1S/C14H15BrN2/c1-11-5-13(9-16-7-11)10-17-8-12-3-2-4-14(15)6-12/h2-7,9,17H,8,10H2,1H3. The number of rotatable bonds is 4. The zero-order valence-corrected chi connectivity index (χ0v) is 11.4. The Morgan fingerprint density at radius 2 is 1.94 bits per heavy atom. The Balaban J connectivity index is 1.87. The molecule has 0 amide bonds. The first-order valence-corrected chi connectivity index (χ1v) is 6.39. The van der Waals surface area contributed by atoms with Crippen molar-refractivity contribution in [1.82, 2.24) is 10.3 Å². The second kappa shape index (κ2) is 5.94. The van der Waals surface area contributed by atoms with Gasteiger partial charge in [-0.1, -0.05) is 34.1 Å². The number of aryl methyl sites for hydroxylation is 1. The van der Waals surface area contributed by atoms with Gasteiger partial charge >= 0.3 is 0 Å². The molecule has 0 aliphatic rings. The second-order valence-electron chi connectivity index (χ2n) is 4.10. The number of halogens is 1. The maximum atomic E-state index is 4.18. The summed E-state index contributed by atoms with van der Waals surface area (Å²) in [6, 6.07) is 10.5. The fourth-order valence-corrected chi connectivity index (χ4v) is 2.16. The molecule has 0 saturated carbocycles. The van der Waals surface area contributed by atoms with Crippen LogP contribution in [0.3, 0.4) is 0 Å². The van der Waals surface area contributed by atoms with Crippen molar-refractivity contribution in [2.75, 3.05) is 0 Å². The van der Waals surface area contributed by atoms with E-state index in [1.54, 1.807) is 0 Å². The van der Waals surface area contributed by atoms with E-state index < -0.39 is 0 Å². The Bertz CT molecular complexity index is 452. The normalized spacial score (nSPS) is 10.5. The first-order valence-electron chi connectivity index (χ1n) is 5.60. The lowest BCUT2D eigenvalue weighted by Crippen LogP contribution is -2.12. The van der Waals surface area contributed by atoms with E-state index in [0.717, 1.165) is 17.6 Å². The zero-order chi connectivity index (χ0) is 12.1. The van der Waals surface area contributed by atoms with E-state index in [-0.39, 0.29) is 0 Å². The van der Waals surface area contributed by atoms with Crippen molar-refractivity contribution in [2.24, 2.45) is 0 Å². The first kappa shape index (κ1) is 12.3. The summed E-state index contributed by atoms with van der Waals surface area (Å²) in [7, 11) is 0. The summed E-state index contributed by atoms with van der Waals surface area (Å²) in [5.74, 6) is 0. The van der Waals surface area contributed by atoms with Crippen molar-refractivity contribution in [3.63, 3.8) is 0 Å². The molecule has 1 aromatic carbocycles. The summed E-state index contributed by atoms with van der Waals surface area (Å²) in [4.78, 5) is 4.18. The van der Waals surface area contributed by atoms with Gasteiger partial charge < -0.3 is 5.32 Å². The van der Waals surface area contributed by atoms with Crippen LogP contribution in [-0.4, -0.2) is 4.98 Å². The maximum absolute atomic E-state index is 4.18. The van der Waals surface area contributed by atoms with Crippen LogP contribution in [-0.2, 0) is 13.1 Å². The minimum atomic E-state index is 0.848. The molecule has 0 radical (unpaired) electrons. The molecule has 0 fully saturated rings. The molecular weight excluding hydrogens is 276 g/mol. The van der Waals surface area contributed by atoms with Crippen molar-refractivity contribution in [3.8, 4) is 0 Å². The number of hydrogen-bond donors (Lipinski definition) is 1. The van der Waals surface area contributed by atoms with Crippen LogP contribution in [0.5, 0.6) is 0 Å². The molecule has 3 heteroatoms. The smallest absolute Gasteiger partial charge is 0.0313 e. The summed E-state index contributed by atoms with van der Waals surface area (Å²) in [5.41, 5.74) is 3.70. The van der Waals surface area contributed by atoms with E-state index in [1.165, 1.54) is 16.7 Å². The van der Waals surface area contributed by atoms with E-state index in [9.17, 15) is 0 Å². The predicted molar refractivity (Wildman–Crippen MR) is 73.7 cm³/mol. The molecule has 0 unspecified atom stereocenters. The van der Waals surface area contributed by atoms with E-state index in [4.69, 9.17) is 0 Å². The van der Waals surface area contributed by atoms with Crippen LogP contribution in [0.15, 0.2) is 47.2 Å². The number of nitrogens with zero attached hydrogens (tertiary/aromatic N) is 1. The predicted octanol–water partition coefficient (Wildman–Crippen LogP) is 3.44. The van der Waals surface area contributed by atoms with Gasteiger partial charge in [0.15, 0.2) is 0 Å². The lowest BCUT2D eigenvalue weighted by atomic mass is 10.2. The number of aromatic nitrogens is 1. The van der Waals surface area contributed by atoms with Gasteiger partial charge in [-0.15, -0.1) is 0 Å². The van der Waals surface area contributed by atoms with Crippen molar-refractivity contribution in [3.05, 3.63) is 63.9 Å². The molecule has 2 rings (SSSR count). The Morgan fingerprint density at radius 1 is 1.12 bits per heavy atom. The van der Waals surface area contributed by atoms with Gasteiger partial charge in [0.2, 0.25) is 0 Å². The molecule has 0 saturated heterocycles. The van der Waals surface area contributed by atoms with Gasteiger partial charge in [0.1, 0.15) is 0 Å². The van der Waals surface area contributed by atoms with Crippen LogP contribution in [0.25, 0.3) is 0 Å². The Kier molecular flexibility index (Phi) is 4.29. The van der Waals surface area contributed by atoms with E-state index in [0.29, 0.717) is 0 Å². The van der Waals surface area contributed by atoms with Gasteiger partial charge in [0.05, 0.1) is 0 Å². The third-order valence-corrected chi connectivity index (χ3v) is 2.97. The topological polar surface area (TPSA) is 24.9 Å². The minimum absolute atomic E-state index is 0.848. The van der Waals surface area contributed by atoms with Crippen molar-refractivity contribution in [2.45, 2.75) is 20.0 Å². The average molecular weight is 291 g/mol. The van der Waals surface area contributed by atoms with Crippen molar-refractivity contribution in [1.29, 1.82) is 0 Å². The average Bonchev–Trinajstić information content (AvgIpc) is 2.29. The summed E-state index contributed by atoms with van der Waals surface area (Å²) in [6.07, 6.45) is 3.78. The van der Waals surface area contributed by atoms with Crippen LogP contribution in [0.4, 0.5) is 0 Å². The highest BCUT2D eigenvalue weighted by Gasteiger charge is 1.96. The van der Waals surface area contributed by atoms with Crippen LogP contribution < -0.4 is 5.32 Å². The summed E-state index contributed by atoms with van der Waals surface area (Å²) < 4.78 is 1.12. The molecule has 88 valence electrons. The molecule has 2 nitrogen and oxygen atoms in total. The van der Waals surface area contributed by atoms with Gasteiger partial charge in [-0.05, 0) is 35.7 Å². The van der Waals surface area contributed by atoms with Crippen LogP contribution in [0.1, 0.15) is 16.7 Å². The molecular formula is C14H15BrN2. The second-order valence-corrected chi connectivity index (χ2v) is 5.02. The van der Waals surface area contributed by atoms with E-state index in [1.807, 2.05) is 18.5 Å². The molecule has 1 aromatic heterocycles. The highest BCUT2D eigenvalue weighted by atomic mass is 79.9. The Hall–Kier alpha value is -1.19. The third kappa shape index (κ3) is 3.95. The van der Waals surface area contributed by atoms with Crippen molar-refractivity contribution < 1.29 is 0 Å². The maximum Gasteiger partial charge on any atom is 0.0313 e. The Labute approximate surface area is 110 Å². The summed E-state index contributed by atoms with van der Waals surface area (Å²) in [5, 5.41) is 3.41. The molecule has 1 N–H and O–H groups in total. The molecule has 17 heavy (non-hydrogen) atoms. The molecule has 0 bridgehead atoms. The number of hydrogen-bond acceptors (Lipinski definition) is 2. The highest BCUT2D eigenvalue weighted by molar-refractivity contribution is 9.10. The third-order valence-electron chi connectivity index (χ3n) is 2.48. The lowest BCUT2D eigenvalue weighted by Gasteiger charge is -2.06. The van der Waals surface area contributed by atoms with Crippen LogP contribution in [0.2, 0.25) is 0 Å². The zero-order valence-electron chi connectivity index (χ0n) is 9.78. The van der Waals surface area contributed by atoms with Gasteiger partial charge in [0, 0.05) is 30.0 Å². The minimum Gasteiger partial charge on any atom is -0.309 e. The first-order chi connectivity index (χ1) is 8.24. The van der Waals surface area contributed by atoms with E-state index in [2.05, 4.69) is 57.4 Å². The SMILES string of the molecule is Cc1cncc(CNCc2cccc(Br)c2)c1. The Morgan fingerprint density at radius 3 is 2.71 bits per heavy atom. The molecule has 0 aliphatic heterocycles. The lowest BCUT2D eigenvalue weighted by molar-refractivity contribution is 0.690. The molecule has 0 atom stereocenters. The monoisotopic (exact) mass is 290 g/mol. The quantitative estimate of drug-likeness (QED) is 0.933. The fraction of sp³-hybridized carbons (Fsp3) is 0.214. The van der Waals surface area contributed by atoms with E-state index >= 15 is 0 Å². The van der Waals surface area contributed by atoms with Crippen LogP contribution >= 0.6 is 15.9 Å². The number of pyridine rings is 1. The molecule has 0 aliphatic carbocycles. The summed E-state index contributed by atoms with van der Waals surface area (Å²) >= 11 is 3.47. The van der Waals surface area contributed by atoms with Gasteiger partial charge in [-0.2, -0.15) is 0 Å². The highest BCUT2D eigenvalue weighted by Crippen LogP contribution is 2.11. The molecule has 0 spiro atoms. The largest absolute Gasteiger partial charge is 0.309 e. The number of benzene rings is 1. The van der Waals surface area contributed by atoms with Gasteiger partial charge in [-0.25, -0.2) is 0 Å². The molecule has 2 aromatic rings. The number of nitrogens with one attached hydrogen (secondary N) is 1. The summed E-state index contributed by atoms with van der Waals surface area (Å²) in [6.45, 7) is 3.78. The van der Waals surface area contributed by atoms with Gasteiger partial charge in [0.25, 0.3) is 0 Å².